The summed E-state index contributed by atoms with van der Waals surface area (Å²) >= 11 is 3.61. The minimum absolute atomic E-state index is 0.0749. The van der Waals surface area contributed by atoms with E-state index in [0.29, 0.717) is 0 Å². The molecule has 3 nitrogen and oxygen atoms in total. The first-order chi connectivity index (χ1) is 8.08. The maximum Gasteiger partial charge on any atom is 0.0378 e. The Balaban J connectivity index is 2.14. The molecule has 1 fully saturated rings. The van der Waals surface area contributed by atoms with Crippen molar-refractivity contribution in [3.63, 3.8) is 0 Å². The van der Waals surface area contributed by atoms with E-state index in [9.17, 15) is 0 Å². The van der Waals surface area contributed by atoms with Crippen LogP contribution in [0.15, 0.2) is 22.7 Å². The first kappa shape index (κ1) is 12.9. The summed E-state index contributed by atoms with van der Waals surface area (Å²) in [5.41, 5.74) is 8.37. The lowest BCUT2D eigenvalue weighted by Crippen LogP contribution is -2.44. The Bertz CT molecular complexity index is 384. The van der Waals surface area contributed by atoms with E-state index in [0.717, 1.165) is 30.7 Å². The van der Waals surface area contributed by atoms with E-state index in [-0.39, 0.29) is 6.04 Å². The van der Waals surface area contributed by atoms with E-state index >= 15 is 0 Å². The summed E-state index contributed by atoms with van der Waals surface area (Å²) in [7, 11) is 2.17. The van der Waals surface area contributed by atoms with Crippen molar-refractivity contribution in [2.45, 2.75) is 13.0 Å². The molecule has 1 aromatic carbocycles. The van der Waals surface area contributed by atoms with Crippen molar-refractivity contribution < 1.29 is 0 Å². The molecule has 17 heavy (non-hydrogen) atoms. The monoisotopic (exact) mass is 297 g/mol. The van der Waals surface area contributed by atoms with Gasteiger partial charge in [-0.2, -0.15) is 0 Å². The molecule has 4 heteroatoms. The molecular weight excluding hydrogens is 278 g/mol. The fourth-order valence-electron chi connectivity index (χ4n) is 2.15. The van der Waals surface area contributed by atoms with Crippen molar-refractivity contribution in [1.29, 1.82) is 0 Å². The third-order valence-electron chi connectivity index (χ3n) is 3.34. The minimum atomic E-state index is 0.0749. The van der Waals surface area contributed by atoms with Crippen molar-refractivity contribution >= 4 is 21.6 Å². The van der Waals surface area contributed by atoms with Gasteiger partial charge in [0.15, 0.2) is 0 Å². The van der Waals surface area contributed by atoms with Gasteiger partial charge in [-0.3, -0.25) is 0 Å². The Kier molecular flexibility index (Phi) is 4.07. The number of rotatable bonds is 2. The van der Waals surface area contributed by atoms with Crippen molar-refractivity contribution in [2.75, 3.05) is 38.1 Å². The minimum Gasteiger partial charge on any atom is -0.369 e. The summed E-state index contributed by atoms with van der Waals surface area (Å²) < 4.78 is 1.11. The van der Waals surface area contributed by atoms with Gasteiger partial charge in [0, 0.05) is 42.4 Å². The highest BCUT2D eigenvalue weighted by molar-refractivity contribution is 9.10. The number of likely N-dealkylation sites (N-methyl/N-ethyl adjacent to an activating group) is 1. The SMILES string of the molecule is C[C@@H](N)c1ccc(N2CCN(C)CC2)cc1Br. The van der Waals surface area contributed by atoms with E-state index in [1.165, 1.54) is 11.3 Å². The zero-order valence-corrected chi connectivity index (χ0v) is 12.1. The highest BCUT2D eigenvalue weighted by Crippen LogP contribution is 2.27. The predicted octanol–water partition coefficient (Wildman–Crippen LogP) is 2.22. The van der Waals surface area contributed by atoms with Crippen LogP contribution in [0.1, 0.15) is 18.5 Å². The van der Waals surface area contributed by atoms with Gasteiger partial charge in [0.1, 0.15) is 0 Å². The molecule has 2 N–H and O–H groups in total. The predicted molar refractivity (Wildman–Crippen MR) is 76.5 cm³/mol. The van der Waals surface area contributed by atoms with Gasteiger partial charge < -0.3 is 15.5 Å². The maximum absolute atomic E-state index is 5.91. The summed E-state index contributed by atoms with van der Waals surface area (Å²) in [6.07, 6.45) is 0. The number of halogens is 1. The second-order valence-electron chi connectivity index (χ2n) is 4.78. The second kappa shape index (κ2) is 5.38. The molecule has 0 saturated carbocycles. The number of piperazine rings is 1. The van der Waals surface area contributed by atoms with Crippen LogP contribution in [-0.2, 0) is 0 Å². The molecule has 1 saturated heterocycles. The average molecular weight is 298 g/mol. The van der Waals surface area contributed by atoms with Crippen LogP contribution in [0, 0.1) is 0 Å². The summed E-state index contributed by atoms with van der Waals surface area (Å²) in [5, 5.41) is 0. The molecule has 94 valence electrons. The van der Waals surface area contributed by atoms with Crippen LogP contribution in [0.3, 0.4) is 0 Å². The van der Waals surface area contributed by atoms with E-state index in [2.05, 4.69) is 51.0 Å². The molecule has 0 aromatic heterocycles. The number of hydrogen-bond donors (Lipinski definition) is 1. The third kappa shape index (κ3) is 3.00. The Morgan fingerprint density at radius 1 is 1.24 bits per heavy atom. The van der Waals surface area contributed by atoms with Crippen molar-refractivity contribution in [2.24, 2.45) is 5.73 Å². The van der Waals surface area contributed by atoms with Crippen LogP contribution in [0.25, 0.3) is 0 Å². The van der Waals surface area contributed by atoms with Crippen molar-refractivity contribution in [3.05, 3.63) is 28.2 Å². The fourth-order valence-corrected chi connectivity index (χ4v) is 2.87. The number of nitrogens with two attached hydrogens (primary N) is 1. The highest BCUT2D eigenvalue weighted by Gasteiger charge is 2.15. The van der Waals surface area contributed by atoms with Crippen LogP contribution < -0.4 is 10.6 Å². The maximum atomic E-state index is 5.91. The Morgan fingerprint density at radius 3 is 2.41 bits per heavy atom. The van der Waals surface area contributed by atoms with Gasteiger partial charge in [0.25, 0.3) is 0 Å². The topological polar surface area (TPSA) is 32.5 Å². The lowest BCUT2D eigenvalue weighted by Gasteiger charge is -2.34. The molecule has 1 aliphatic heterocycles. The van der Waals surface area contributed by atoms with E-state index in [4.69, 9.17) is 5.73 Å². The zero-order valence-electron chi connectivity index (χ0n) is 10.5. The highest BCUT2D eigenvalue weighted by atomic mass is 79.9. The quantitative estimate of drug-likeness (QED) is 0.908. The second-order valence-corrected chi connectivity index (χ2v) is 5.64. The third-order valence-corrected chi connectivity index (χ3v) is 4.03. The molecule has 2 rings (SSSR count). The van der Waals surface area contributed by atoms with Gasteiger partial charge in [-0.15, -0.1) is 0 Å². The van der Waals surface area contributed by atoms with Crippen molar-refractivity contribution in [1.82, 2.24) is 4.90 Å². The molecular formula is C13H20BrN3. The van der Waals surface area contributed by atoms with E-state index < -0.39 is 0 Å². The summed E-state index contributed by atoms with van der Waals surface area (Å²) in [4.78, 5) is 4.79. The van der Waals surface area contributed by atoms with Crippen LogP contribution in [0.5, 0.6) is 0 Å². The fraction of sp³-hybridized carbons (Fsp3) is 0.538. The summed E-state index contributed by atoms with van der Waals surface area (Å²) in [6.45, 7) is 6.47. The molecule has 0 amide bonds. The summed E-state index contributed by atoms with van der Waals surface area (Å²) in [5.74, 6) is 0. The summed E-state index contributed by atoms with van der Waals surface area (Å²) in [6, 6.07) is 6.56. The molecule has 1 atom stereocenters. The zero-order chi connectivity index (χ0) is 12.4. The normalized spacial score (nSPS) is 19.4. The van der Waals surface area contributed by atoms with Gasteiger partial charge in [0.2, 0.25) is 0 Å². The van der Waals surface area contributed by atoms with Gasteiger partial charge in [-0.1, -0.05) is 22.0 Å². The number of benzene rings is 1. The first-order valence-electron chi connectivity index (χ1n) is 6.06. The van der Waals surface area contributed by atoms with Crippen LogP contribution >= 0.6 is 15.9 Å². The van der Waals surface area contributed by atoms with Gasteiger partial charge in [-0.25, -0.2) is 0 Å². The smallest absolute Gasteiger partial charge is 0.0378 e. The van der Waals surface area contributed by atoms with Crippen LogP contribution in [0.4, 0.5) is 5.69 Å². The molecule has 1 heterocycles. The Labute approximate surface area is 112 Å². The number of anilines is 1. The average Bonchev–Trinajstić information content (AvgIpc) is 2.29. The molecule has 0 spiro atoms. The van der Waals surface area contributed by atoms with Crippen LogP contribution in [-0.4, -0.2) is 38.1 Å². The molecule has 0 unspecified atom stereocenters. The number of hydrogen-bond acceptors (Lipinski definition) is 3. The van der Waals surface area contributed by atoms with E-state index in [1.54, 1.807) is 0 Å². The lowest BCUT2D eigenvalue weighted by molar-refractivity contribution is 0.313. The largest absolute Gasteiger partial charge is 0.369 e. The van der Waals surface area contributed by atoms with Gasteiger partial charge in [0.05, 0.1) is 0 Å². The molecule has 1 aromatic rings. The molecule has 0 bridgehead atoms. The Morgan fingerprint density at radius 2 is 1.88 bits per heavy atom. The molecule has 0 aliphatic carbocycles. The first-order valence-corrected chi connectivity index (χ1v) is 6.86. The number of nitrogens with zero attached hydrogens (tertiary/aromatic N) is 2. The van der Waals surface area contributed by atoms with E-state index in [1.807, 2.05) is 6.92 Å². The Hall–Kier alpha value is -0.580. The lowest BCUT2D eigenvalue weighted by atomic mass is 10.1. The van der Waals surface area contributed by atoms with Gasteiger partial charge in [-0.05, 0) is 31.7 Å². The van der Waals surface area contributed by atoms with Crippen LogP contribution in [0.2, 0.25) is 0 Å². The standard InChI is InChI=1S/C13H20BrN3/c1-10(15)12-4-3-11(9-13(12)14)17-7-5-16(2)6-8-17/h3-4,9-10H,5-8,15H2,1-2H3/t10-/m1/s1. The molecule has 0 radical (unpaired) electrons. The molecule has 1 aliphatic rings. The van der Waals surface area contributed by atoms with Gasteiger partial charge >= 0.3 is 0 Å². The van der Waals surface area contributed by atoms with Crippen molar-refractivity contribution in [3.8, 4) is 0 Å².